The molecule has 286 valence electrons. The zero-order valence-corrected chi connectivity index (χ0v) is 31.9. The number of pyridine rings is 1. The number of carbonyl (C=O) groups is 4. The first-order valence-electron chi connectivity index (χ1n) is 16.5. The van der Waals surface area contributed by atoms with Gasteiger partial charge in [0.25, 0.3) is 33.5 Å². The van der Waals surface area contributed by atoms with Gasteiger partial charge in [0, 0.05) is 67.9 Å². The second-order valence-electron chi connectivity index (χ2n) is 12.4. The highest BCUT2D eigenvalue weighted by Crippen LogP contribution is 2.52. The summed E-state index contributed by atoms with van der Waals surface area (Å²) in [5.74, 6) is -2.72. The van der Waals surface area contributed by atoms with Crippen LogP contribution in [0.4, 0.5) is 10.5 Å². The Morgan fingerprint density at radius 1 is 0.868 bits per heavy atom. The van der Waals surface area contributed by atoms with Crippen LogP contribution in [0.5, 0.6) is 5.88 Å². The molecule has 6 rings (SSSR count). The molecule has 0 radical (unpaired) electrons. The van der Waals surface area contributed by atoms with Crippen LogP contribution in [-0.2, 0) is 34.7 Å². The fourth-order valence-electron chi connectivity index (χ4n) is 6.37. The minimum Gasteiger partial charge on any atom is -0.481 e. The van der Waals surface area contributed by atoms with Crippen molar-refractivity contribution in [2.75, 3.05) is 57.7 Å². The van der Waals surface area contributed by atoms with Crippen molar-refractivity contribution in [3.05, 3.63) is 82.0 Å². The van der Waals surface area contributed by atoms with Gasteiger partial charge in [0.15, 0.2) is 0 Å². The van der Waals surface area contributed by atoms with Crippen molar-refractivity contribution < 1.29 is 47.3 Å². The van der Waals surface area contributed by atoms with Gasteiger partial charge in [0.1, 0.15) is 0 Å². The number of rotatable bonds is 6. The Kier molecular flexibility index (Phi) is 13.7. The molecule has 4 heterocycles. The first-order valence-corrected chi connectivity index (χ1v) is 18.7. The number of aliphatic carboxylic acids is 2. The molecule has 3 aromatic rings. The van der Waals surface area contributed by atoms with E-state index in [-0.39, 0.29) is 37.6 Å². The molecule has 0 bridgehead atoms. The molecule has 53 heavy (non-hydrogen) atoms. The molecule has 0 saturated carbocycles. The second-order valence-corrected chi connectivity index (χ2v) is 15.1. The molecule has 1 aromatic heterocycles. The summed E-state index contributed by atoms with van der Waals surface area (Å²) < 4.78 is 40.6. The maximum absolute atomic E-state index is 14.8. The van der Waals surface area contributed by atoms with E-state index in [4.69, 9.17) is 52.5 Å². The number of piperazine rings is 1. The molecular formula is C35H41Cl2N5O10S. The van der Waals surface area contributed by atoms with Gasteiger partial charge in [-0.2, -0.15) is 4.31 Å². The van der Waals surface area contributed by atoms with Crippen molar-refractivity contribution in [3.63, 3.8) is 0 Å². The lowest BCUT2D eigenvalue weighted by Gasteiger charge is -2.42. The van der Waals surface area contributed by atoms with Crippen LogP contribution >= 0.6 is 23.2 Å². The summed E-state index contributed by atoms with van der Waals surface area (Å²) in [6, 6.07) is 13.4. The SMILES string of the molecule is CC(=O)O.CC(=O)O.COc1ncccc1C1(OC(=O)N2CCN(C3CCN(C)CC3)CC2)C(=O)N(S(=O)(=O)c2cccc(Cl)c2)c2ccc(Cl)cc21. The number of anilines is 1. The van der Waals surface area contributed by atoms with Gasteiger partial charge in [-0.15, -0.1) is 0 Å². The molecule has 2 aromatic carbocycles. The predicted molar refractivity (Wildman–Crippen MR) is 196 cm³/mol. The Morgan fingerprint density at radius 2 is 1.47 bits per heavy atom. The average molecular weight is 795 g/mol. The normalized spacial score (nSPS) is 19.2. The van der Waals surface area contributed by atoms with Crippen LogP contribution in [0.25, 0.3) is 0 Å². The number of fused-ring (bicyclic) bond motifs is 1. The first-order chi connectivity index (χ1) is 25.0. The molecule has 2 fully saturated rings. The smallest absolute Gasteiger partial charge is 0.411 e. The topological polar surface area (TPSA) is 187 Å². The monoisotopic (exact) mass is 793 g/mol. The summed E-state index contributed by atoms with van der Waals surface area (Å²) in [6.07, 6.45) is 2.81. The fourth-order valence-corrected chi connectivity index (χ4v) is 8.30. The number of carboxylic acid groups (broad SMARTS) is 2. The molecule has 18 heteroatoms. The lowest BCUT2D eigenvalue weighted by atomic mass is 9.87. The highest BCUT2D eigenvalue weighted by molar-refractivity contribution is 7.93. The number of carboxylic acids is 2. The number of hydrogen-bond acceptors (Lipinski definition) is 11. The van der Waals surface area contributed by atoms with Crippen LogP contribution in [0.1, 0.15) is 37.8 Å². The number of carbonyl (C=O) groups excluding carboxylic acids is 2. The number of amides is 2. The second kappa shape index (κ2) is 17.6. The standard InChI is InChI=1S/C31H33Cl2N5O6S.2C2H4O2/c1-35-13-10-23(11-14-35)36-15-17-37(18-16-36)30(40)44-31(25-7-4-12-34-28(25)43-2)26-20-22(33)8-9-27(26)38(29(31)39)45(41,42)24-6-3-5-21(32)19-24;2*1-2(3)4/h3-9,12,19-20,23H,10-11,13-18H2,1-2H3;2*1H3,(H,3,4). The molecule has 1 unspecified atom stereocenters. The third kappa shape index (κ3) is 9.37. The van der Waals surface area contributed by atoms with E-state index in [1.165, 1.54) is 61.8 Å². The molecule has 0 spiro atoms. The molecule has 2 saturated heterocycles. The van der Waals surface area contributed by atoms with Gasteiger partial charge in [0.2, 0.25) is 5.88 Å². The number of piperidine rings is 1. The lowest BCUT2D eigenvalue weighted by molar-refractivity contribution is -0.135. The van der Waals surface area contributed by atoms with Crippen LogP contribution in [0.15, 0.2) is 65.7 Å². The van der Waals surface area contributed by atoms with Crippen LogP contribution in [-0.4, -0.2) is 122 Å². The summed E-state index contributed by atoms with van der Waals surface area (Å²) in [4.78, 5) is 57.1. The third-order valence-corrected chi connectivity index (χ3v) is 10.9. The number of halogens is 2. The van der Waals surface area contributed by atoms with Crippen LogP contribution in [0.3, 0.4) is 0 Å². The van der Waals surface area contributed by atoms with Gasteiger partial charge >= 0.3 is 6.09 Å². The summed E-state index contributed by atoms with van der Waals surface area (Å²) in [5.41, 5.74) is -2.18. The van der Waals surface area contributed by atoms with E-state index in [2.05, 4.69) is 21.8 Å². The Morgan fingerprint density at radius 3 is 2.06 bits per heavy atom. The molecule has 15 nitrogen and oxygen atoms in total. The van der Waals surface area contributed by atoms with Crippen LogP contribution in [0.2, 0.25) is 10.0 Å². The van der Waals surface area contributed by atoms with E-state index in [0.717, 1.165) is 39.8 Å². The summed E-state index contributed by atoms with van der Waals surface area (Å²) in [6.45, 7) is 6.29. The van der Waals surface area contributed by atoms with Gasteiger partial charge in [-0.1, -0.05) is 29.3 Å². The number of hydrogen-bond donors (Lipinski definition) is 2. The molecule has 2 amide bonds. The molecule has 0 aliphatic carbocycles. The highest BCUT2D eigenvalue weighted by Gasteiger charge is 2.61. The van der Waals surface area contributed by atoms with E-state index < -0.39 is 39.6 Å². The van der Waals surface area contributed by atoms with Gasteiger partial charge in [-0.05, 0) is 81.5 Å². The lowest BCUT2D eigenvalue weighted by Crippen LogP contribution is -2.55. The number of benzene rings is 2. The van der Waals surface area contributed by atoms with E-state index >= 15 is 0 Å². The van der Waals surface area contributed by atoms with Crippen LogP contribution < -0.4 is 9.04 Å². The van der Waals surface area contributed by atoms with Crippen molar-refractivity contribution in [1.29, 1.82) is 0 Å². The van der Waals surface area contributed by atoms with Crippen molar-refractivity contribution in [2.24, 2.45) is 0 Å². The maximum atomic E-state index is 14.8. The number of aromatic nitrogens is 1. The van der Waals surface area contributed by atoms with Gasteiger partial charge in [-0.25, -0.2) is 18.2 Å². The Labute approximate surface area is 317 Å². The largest absolute Gasteiger partial charge is 0.481 e. The Balaban J connectivity index is 0.000000714. The third-order valence-electron chi connectivity index (χ3n) is 8.74. The Hall–Kier alpha value is -4.48. The molecule has 3 aliphatic heterocycles. The van der Waals surface area contributed by atoms with E-state index in [1.807, 2.05) is 0 Å². The predicted octanol–water partition coefficient (Wildman–Crippen LogP) is 4.41. The summed E-state index contributed by atoms with van der Waals surface area (Å²) in [5, 5.41) is 15.2. The highest BCUT2D eigenvalue weighted by atomic mass is 35.5. The molecule has 2 N–H and O–H groups in total. The van der Waals surface area contributed by atoms with E-state index in [0.29, 0.717) is 36.5 Å². The molecular weight excluding hydrogens is 753 g/mol. The fraction of sp³-hybridized carbons (Fsp3) is 0.400. The minimum atomic E-state index is -4.54. The van der Waals surface area contributed by atoms with Crippen molar-refractivity contribution in [1.82, 2.24) is 19.7 Å². The maximum Gasteiger partial charge on any atom is 0.411 e. The van der Waals surface area contributed by atoms with Gasteiger partial charge in [0.05, 0.1) is 23.3 Å². The first kappa shape index (κ1) is 41.3. The zero-order chi connectivity index (χ0) is 39.1. The Bertz CT molecular complexity index is 1920. The van der Waals surface area contributed by atoms with E-state index in [1.54, 1.807) is 11.0 Å². The molecule has 1 atom stereocenters. The van der Waals surface area contributed by atoms with Crippen molar-refractivity contribution in [2.45, 2.75) is 43.2 Å². The zero-order valence-electron chi connectivity index (χ0n) is 29.6. The quantitative estimate of drug-likeness (QED) is 0.358. The summed E-state index contributed by atoms with van der Waals surface area (Å²) in [7, 11) is -1.06. The molecule has 3 aliphatic rings. The number of methoxy groups -OCH3 is 1. The number of sulfonamides is 1. The van der Waals surface area contributed by atoms with E-state index in [9.17, 15) is 18.0 Å². The summed E-state index contributed by atoms with van der Waals surface area (Å²) >= 11 is 12.6. The van der Waals surface area contributed by atoms with Crippen molar-refractivity contribution in [3.8, 4) is 5.88 Å². The minimum absolute atomic E-state index is 0.0151. The van der Waals surface area contributed by atoms with Gasteiger partial charge < -0.3 is 29.5 Å². The number of ether oxygens (including phenoxy) is 2. The number of nitrogens with zero attached hydrogens (tertiary/aromatic N) is 5. The number of likely N-dealkylation sites (tertiary alicyclic amines) is 1. The van der Waals surface area contributed by atoms with Crippen LogP contribution in [0, 0.1) is 0 Å². The van der Waals surface area contributed by atoms with Crippen molar-refractivity contribution >= 4 is 62.9 Å². The average Bonchev–Trinajstić information content (AvgIpc) is 3.35. The van der Waals surface area contributed by atoms with Gasteiger partial charge in [-0.3, -0.25) is 19.3 Å².